The summed E-state index contributed by atoms with van der Waals surface area (Å²) in [6.45, 7) is 1.84. The van der Waals surface area contributed by atoms with E-state index in [9.17, 15) is 9.59 Å². The largest absolute Gasteiger partial charge is 0.493 e. The van der Waals surface area contributed by atoms with Crippen molar-refractivity contribution in [2.24, 2.45) is 11.0 Å². The minimum Gasteiger partial charge on any atom is -0.493 e. The summed E-state index contributed by atoms with van der Waals surface area (Å²) in [7, 11) is 4.89. The molecule has 1 saturated carbocycles. The molecule has 2 bridgehead atoms. The van der Waals surface area contributed by atoms with Crippen LogP contribution in [0.4, 0.5) is 16.2 Å². The second-order valence-electron chi connectivity index (χ2n) is 8.91. The maximum Gasteiger partial charge on any atom is 0.349 e. The number of urea groups is 1. The molecular formula is C26H28N4O4. The van der Waals surface area contributed by atoms with Crippen molar-refractivity contribution < 1.29 is 19.1 Å². The molecule has 8 heteroatoms. The van der Waals surface area contributed by atoms with Crippen LogP contribution >= 0.6 is 0 Å². The van der Waals surface area contributed by atoms with Gasteiger partial charge in [0.25, 0.3) is 0 Å². The zero-order valence-corrected chi connectivity index (χ0v) is 19.8. The lowest BCUT2D eigenvalue weighted by Crippen LogP contribution is -2.38. The summed E-state index contributed by atoms with van der Waals surface area (Å²) in [5.74, 6) is 1.61. The lowest BCUT2D eigenvalue weighted by Gasteiger charge is -2.28. The van der Waals surface area contributed by atoms with Crippen LogP contribution in [-0.4, -0.2) is 50.5 Å². The number of piperidine rings is 1. The van der Waals surface area contributed by atoms with Gasteiger partial charge in [0.1, 0.15) is 0 Å². The Morgan fingerprint density at radius 1 is 1.06 bits per heavy atom. The Morgan fingerprint density at radius 3 is 2.35 bits per heavy atom. The summed E-state index contributed by atoms with van der Waals surface area (Å²) < 4.78 is 10.8. The van der Waals surface area contributed by atoms with Gasteiger partial charge in [0.15, 0.2) is 11.5 Å². The first kappa shape index (κ1) is 22.0. The van der Waals surface area contributed by atoms with Crippen LogP contribution in [0.15, 0.2) is 47.2 Å². The third-order valence-electron chi connectivity index (χ3n) is 6.94. The third kappa shape index (κ3) is 3.59. The molecular weight excluding hydrogens is 432 g/mol. The van der Waals surface area contributed by atoms with Crippen LogP contribution in [0.3, 0.4) is 0 Å². The molecule has 2 aromatic carbocycles. The number of hydrogen-bond donors (Lipinski definition) is 0. The monoisotopic (exact) mass is 460 g/mol. The van der Waals surface area contributed by atoms with E-state index in [1.165, 1.54) is 5.01 Å². The van der Waals surface area contributed by atoms with E-state index >= 15 is 0 Å². The number of allylic oxidation sites excluding steroid dienone is 1. The maximum absolute atomic E-state index is 13.3. The molecule has 2 atom stereocenters. The number of nitrogens with zero attached hydrogens (tertiary/aromatic N) is 4. The molecule has 1 aliphatic carbocycles. The zero-order valence-electron chi connectivity index (χ0n) is 19.8. The number of ether oxygens (including phenoxy) is 2. The van der Waals surface area contributed by atoms with Crippen LogP contribution < -0.4 is 19.3 Å². The number of carbonyl (C=O) groups is 2. The van der Waals surface area contributed by atoms with Crippen molar-refractivity contribution in [1.29, 1.82) is 0 Å². The summed E-state index contributed by atoms with van der Waals surface area (Å²) in [5.41, 5.74) is 3.99. The van der Waals surface area contributed by atoms with Gasteiger partial charge >= 0.3 is 6.03 Å². The standard InChI is InChI=1S/C26H28N4O4/c1-16-11-18-13-23(33-3)24(34-4)14-19(18)15-27-30(16)26(32)28(2)20-7-9-21(10-8-20)29-22-6-5-17(12-22)25(29)31/h7-11,13-15,17,22H,5-6,12H2,1-4H3. The highest BCUT2D eigenvalue weighted by molar-refractivity contribution is 6.00. The van der Waals surface area contributed by atoms with E-state index in [0.29, 0.717) is 23.2 Å². The van der Waals surface area contributed by atoms with Gasteiger partial charge in [-0.25, -0.2) is 4.79 Å². The molecule has 1 saturated heterocycles. The molecule has 2 aliphatic heterocycles. The highest BCUT2D eigenvalue weighted by atomic mass is 16.5. The Balaban J connectivity index is 1.36. The number of methoxy groups -OCH3 is 2. The predicted octanol–water partition coefficient (Wildman–Crippen LogP) is 4.49. The smallest absolute Gasteiger partial charge is 0.349 e. The van der Waals surface area contributed by atoms with Gasteiger partial charge in [-0.3, -0.25) is 9.69 Å². The molecule has 3 amide bonds. The van der Waals surface area contributed by atoms with Crippen molar-refractivity contribution in [2.45, 2.75) is 32.2 Å². The molecule has 2 aromatic rings. The van der Waals surface area contributed by atoms with E-state index < -0.39 is 0 Å². The number of benzene rings is 2. The molecule has 176 valence electrons. The van der Waals surface area contributed by atoms with Crippen LogP contribution in [0.1, 0.15) is 37.3 Å². The summed E-state index contributed by atoms with van der Waals surface area (Å²) in [5, 5.41) is 5.81. The minimum absolute atomic E-state index is 0.175. The van der Waals surface area contributed by atoms with Gasteiger partial charge in [-0.15, -0.1) is 0 Å². The van der Waals surface area contributed by atoms with E-state index in [0.717, 1.165) is 41.8 Å². The van der Waals surface area contributed by atoms with Crippen LogP contribution in [0.5, 0.6) is 11.5 Å². The molecule has 0 spiro atoms. The quantitative estimate of drug-likeness (QED) is 0.674. The van der Waals surface area contributed by atoms with Crippen molar-refractivity contribution in [1.82, 2.24) is 5.01 Å². The van der Waals surface area contributed by atoms with Gasteiger partial charge in [0, 0.05) is 41.6 Å². The Hall–Kier alpha value is -3.81. The van der Waals surface area contributed by atoms with Gasteiger partial charge in [0.2, 0.25) is 5.91 Å². The SMILES string of the molecule is COc1cc2c(cc1OC)C=C(C)N(C(=O)N(C)c1ccc(N3C(=O)C4CCC3C4)cc1)N=C2. The van der Waals surface area contributed by atoms with E-state index in [-0.39, 0.29) is 17.9 Å². The highest BCUT2D eigenvalue weighted by Gasteiger charge is 2.45. The number of hydrazone groups is 1. The van der Waals surface area contributed by atoms with Crippen molar-refractivity contribution in [2.75, 3.05) is 31.1 Å². The second kappa shape index (κ2) is 8.52. The summed E-state index contributed by atoms with van der Waals surface area (Å²) in [4.78, 5) is 29.4. The number of amides is 3. The average molecular weight is 461 g/mol. The zero-order chi connectivity index (χ0) is 24.0. The van der Waals surface area contributed by atoms with Gasteiger partial charge in [-0.05, 0) is 74.2 Å². The summed E-state index contributed by atoms with van der Waals surface area (Å²) in [6, 6.07) is 11.3. The van der Waals surface area contributed by atoms with Crippen LogP contribution in [0.2, 0.25) is 0 Å². The molecule has 34 heavy (non-hydrogen) atoms. The fraction of sp³-hybridized carbons (Fsp3) is 0.346. The average Bonchev–Trinajstić information content (AvgIpc) is 3.40. The topological polar surface area (TPSA) is 74.7 Å². The van der Waals surface area contributed by atoms with E-state index in [4.69, 9.17) is 9.47 Å². The van der Waals surface area contributed by atoms with Crippen molar-refractivity contribution in [3.8, 4) is 11.5 Å². The van der Waals surface area contributed by atoms with Crippen molar-refractivity contribution >= 4 is 35.6 Å². The normalized spacial score (nSPS) is 20.7. The maximum atomic E-state index is 13.3. The number of carbonyl (C=O) groups excluding carboxylic acids is 2. The number of fused-ring (bicyclic) bond motifs is 3. The Kier molecular flexibility index (Phi) is 5.51. The van der Waals surface area contributed by atoms with E-state index in [2.05, 4.69) is 5.10 Å². The van der Waals surface area contributed by atoms with E-state index in [1.54, 1.807) is 32.4 Å². The first-order valence-corrected chi connectivity index (χ1v) is 11.4. The van der Waals surface area contributed by atoms with Gasteiger partial charge in [-0.1, -0.05) is 0 Å². The highest BCUT2D eigenvalue weighted by Crippen LogP contribution is 2.41. The summed E-state index contributed by atoms with van der Waals surface area (Å²) >= 11 is 0. The molecule has 0 radical (unpaired) electrons. The number of hydrogen-bond acceptors (Lipinski definition) is 5. The molecule has 3 aliphatic rings. The summed E-state index contributed by atoms with van der Waals surface area (Å²) in [6.07, 6.45) is 6.56. The first-order chi connectivity index (χ1) is 16.4. The van der Waals surface area contributed by atoms with Gasteiger partial charge in [0.05, 0.1) is 20.4 Å². The first-order valence-electron chi connectivity index (χ1n) is 11.4. The number of anilines is 2. The molecule has 2 unspecified atom stereocenters. The molecule has 2 heterocycles. The van der Waals surface area contributed by atoms with E-state index in [1.807, 2.05) is 54.3 Å². The lowest BCUT2D eigenvalue weighted by molar-refractivity contribution is -0.121. The number of rotatable bonds is 4. The molecule has 0 aromatic heterocycles. The fourth-order valence-corrected chi connectivity index (χ4v) is 5.07. The van der Waals surface area contributed by atoms with Crippen LogP contribution in [0.25, 0.3) is 6.08 Å². The lowest BCUT2D eigenvalue weighted by atomic mass is 10.1. The molecule has 0 N–H and O–H groups in total. The third-order valence-corrected chi connectivity index (χ3v) is 6.94. The fourth-order valence-electron chi connectivity index (χ4n) is 5.07. The van der Waals surface area contributed by atoms with Gasteiger partial charge < -0.3 is 14.4 Å². The predicted molar refractivity (Wildman–Crippen MR) is 131 cm³/mol. The Bertz CT molecular complexity index is 1200. The molecule has 8 nitrogen and oxygen atoms in total. The second-order valence-corrected chi connectivity index (χ2v) is 8.91. The molecule has 5 rings (SSSR count). The van der Waals surface area contributed by atoms with Crippen LogP contribution in [-0.2, 0) is 4.79 Å². The van der Waals surface area contributed by atoms with Crippen molar-refractivity contribution in [3.05, 3.63) is 53.2 Å². The van der Waals surface area contributed by atoms with Crippen molar-refractivity contribution in [3.63, 3.8) is 0 Å². The minimum atomic E-state index is -0.291. The Labute approximate surface area is 199 Å². The van der Waals surface area contributed by atoms with Gasteiger partial charge in [-0.2, -0.15) is 10.1 Å². The molecule has 2 fully saturated rings. The Morgan fingerprint density at radius 2 is 1.74 bits per heavy atom. The van der Waals surface area contributed by atoms with Crippen LogP contribution in [0, 0.1) is 5.92 Å².